The summed E-state index contributed by atoms with van der Waals surface area (Å²) in [5.74, 6) is 0. The van der Waals surface area contributed by atoms with Crippen LogP contribution in [0.4, 0.5) is 9.93 Å². The normalized spacial score (nSPS) is 17.7. The van der Waals surface area contributed by atoms with Crippen LogP contribution in [0, 0.1) is 0 Å². The van der Waals surface area contributed by atoms with Crippen LogP contribution in [0.5, 0.6) is 0 Å². The molecule has 1 aromatic heterocycles. The molecule has 0 atom stereocenters. The molecule has 15 heavy (non-hydrogen) atoms. The first-order valence-electron chi connectivity index (χ1n) is 4.83. The van der Waals surface area contributed by atoms with Crippen LogP contribution in [-0.2, 0) is 0 Å². The van der Waals surface area contributed by atoms with E-state index in [0.29, 0.717) is 19.1 Å². The molecule has 0 bridgehead atoms. The molecular formula is C8H13N5OS. The molecule has 0 radical (unpaired) electrons. The number of piperidine rings is 1. The van der Waals surface area contributed by atoms with Gasteiger partial charge in [-0.2, -0.15) is 0 Å². The van der Waals surface area contributed by atoms with Gasteiger partial charge < -0.3 is 16.0 Å². The maximum Gasteiger partial charge on any atom is 0.314 e. The summed E-state index contributed by atoms with van der Waals surface area (Å²) in [7, 11) is 0. The van der Waals surface area contributed by atoms with Gasteiger partial charge in [-0.25, -0.2) is 4.79 Å². The Kier molecular flexibility index (Phi) is 3.00. The molecule has 2 amide bonds. The quantitative estimate of drug-likeness (QED) is 0.770. The van der Waals surface area contributed by atoms with Crippen LogP contribution >= 0.6 is 11.3 Å². The highest BCUT2D eigenvalue weighted by Gasteiger charge is 2.21. The maximum absolute atomic E-state index is 10.9. The third-order valence-electron chi connectivity index (χ3n) is 2.49. The van der Waals surface area contributed by atoms with E-state index in [1.165, 1.54) is 11.3 Å². The van der Waals surface area contributed by atoms with E-state index in [1.807, 2.05) is 0 Å². The standard InChI is InChI=1S/C8H13N5OS/c9-7(14)13-3-1-6(2-4-13)11-8-12-10-5-15-8/h5-6H,1-4H2,(H2,9,14)(H,11,12). The van der Waals surface area contributed by atoms with E-state index in [0.717, 1.165) is 18.0 Å². The molecule has 0 unspecified atom stereocenters. The minimum atomic E-state index is -0.329. The number of amides is 2. The number of carbonyl (C=O) groups is 1. The zero-order chi connectivity index (χ0) is 10.7. The van der Waals surface area contributed by atoms with Gasteiger partial charge in [-0.1, -0.05) is 11.3 Å². The lowest BCUT2D eigenvalue weighted by molar-refractivity contribution is 0.193. The Hall–Kier alpha value is -1.37. The van der Waals surface area contributed by atoms with E-state index in [9.17, 15) is 4.79 Å². The van der Waals surface area contributed by atoms with Crippen LogP contribution in [0.25, 0.3) is 0 Å². The Morgan fingerprint density at radius 2 is 2.33 bits per heavy atom. The number of urea groups is 1. The maximum atomic E-state index is 10.9. The summed E-state index contributed by atoms with van der Waals surface area (Å²) >= 11 is 1.49. The van der Waals surface area contributed by atoms with Gasteiger partial charge in [0, 0.05) is 19.1 Å². The first-order chi connectivity index (χ1) is 7.25. The van der Waals surface area contributed by atoms with Crippen molar-refractivity contribution in [3.63, 3.8) is 0 Å². The number of nitrogens with zero attached hydrogens (tertiary/aromatic N) is 3. The zero-order valence-electron chi connectivity index (χ0n) is 8.22. The van der Waals surface area contributed by atoms with Gasteiger partial charge in [0.15, 0.2) is 0 Å². The number of aromatic nitrogens is 2. The second kappa shape index (κ2) is 4.43. The van der Waals surface area contributed by atoms with Crippen molar-refractivity contribution in [1.29, 1.82) is 0 Å². The average molecular weight is 227 g/mol. The van der Waals surface area contributed by atoms with E-state index >= 15 is 0 Å². The number of carbonyl (C=O) groups excluding carboxylic acids is 1. The lowest BCUT2D eigenvalue weighted by atomic mass is 10.1. The molecule has 6 nitrogen and oxygen atoms in total. The van der Waals surface area contributed by atoms with Gasteiger partial charge in [0.25, 0.3) is 0 Å². The van der Waals surface area contributed by atoms with Gasteiger partial charge in [0.1, 0.15) is 5.51 Å². The van der Waals surface area contributed by atoms with Crippen molar-refractivity contribution in [2.75, 3.05) is 18.4 Å². The molecule has 0 saturated carbocycles. The fraction of sp³-hybridized carbons (Fsp3) is 0.625. The predicted molar refractivity (Wildman–Crippen MR) is 57.7 cm³/mol. The summed E-state index contributed by atoms with van der Waals surface area (Å²) in [5.41, 5.74) is 6.89. The highest BCUT2D eigenvalue weighted by atomic mass is 32.1. The Labute approximate surface area is 91.5 Å². The summed E-state index contributed by atoms with van der Waals surface area (Å²) in [4.78, 5) is 12.6. The third kappa shape index (κ3) is 2.56. The van der Waals surface area contributed by atoms with E-state index in [4.69, 9.17) is 5.73 Å². The second-order valence-electron chi connectivity index (χ2n) is 3.49. The summed E-state index contributed by atoms with van der Waals surface area (Å²) in [6.07, 6.45) is 1.81. The van der Waals surface area contributed by atoms with Crippen LogP contribution in [0.3, 0.4) is 0 Å². The number of hydrogen-bond acceptors (Lipinski definition) is 5. The van der Waals surface area contributed by atoms with E-state index < -0.39 is 0 Å². The molecular weight excluding hydrogens is 214 g/mol. The first kappa shape index (κ1) is 10.2. The largest absolute Gasteiger partial charge is 0.357 e. The Balaban J connectivity index is 1.81. The first-order valence-corrected chi connectivity index (χ1v) is 5.71. The van der Waals surface area contributed by atoms with Crippen LogP contribution in [0.2, 0.25) is 0 Å². The van der Waals surface area contributed by atoms with Crippen molar-refractivity contribution in [3.05, 3.63) is 5.51 Å². The molecule has 1 aliphatic heterocycles. The molecule has 3 N–H and O–H groups in total. The minimum absolute atomic E-state index is 0.329. The molecule has 7 heteroatoms. The Bertz CT molecular complexity index is 320. The minimum Gasteiger partial charge on any atom is -0.357 e. The molecule has 1 aliphatic rings. The van der Waals surface area contributed by atoms with Gasteiger partial charge in [-0.05, 0) is 12.8 Å². The van der Waals surface area contributed by atoms with Crippen molar-refractivity contribution in [1.82, 2.24) is 15.1 Å². The Morgan fingerprint density at radius 3 is 2.87 bits per heavy atom. The Morgan fingerprint density at radius 1 is 1.60 bits per heavy atom. The molecule has 1 fully saturated rings. The van der Waals surface area contributed by atoms with E-state index in [2.05, 4.69) is 15.5 Å². The number of nitrogens with two attached hydrogens (primary N) is 1. The highest BCUT2D eigenvalue weighted by molar-refractivity contribution is 7.13. The fourth-order valence-corrected chi connectivity index (χ4v) is 2.18. The van der Waals surface area contributed by atoms with Crippen molar-refractivity contribution >= 4 is 22.5 Å². The fourth-order valence-electron chi connectivity index (χ4n) is 1.65. The van der Waals surface area contributed by atoms with E-state index in [1.54, 1.807) is 10.4 Å². The molecule has 2 heterocycles. The average Bonchev–Trinajstić information content (AvgIpc) is 2.71. The highest BCUT2D eigenvalue weighted by Crippen LogP contribution is 2.16. The summed E-state index contributed by atoms with van der Waals surface area (Å²) in [6.45, 7) is 1.43. The van der Waals surface area contributed by atoms with Gasteiger partial charge in [0.2, 0.25) is 5.13 Å². The number of rotatable bonds is 2. The summed E-state index contributed by atoms with van der Waals surface area (Å²) in [6, 6.07) is 0.0397. The molecule has 1 aromatic rings. The molecule has 82 valence electrons. The van der Waals surface area contributed by atoms with Crippen molar-refractivity contribution in [3.8, 4) is 0 Å². The SMILES string of the molecule is NC(=O)N1CCC(Nc2nncs2)CC1. The summed E-state index contributed by atoms with van der Waals surface area (Å²) in [5, 5.41) is 11.8. The lowest BCUT2D eigenvalue weighted by Gasteiger charge is -2.30. The van der Waals surface area contributed by atoms with Crippen LogP contribution in [0.1, 0.15) is 12.8 Å². The van der Waals surface area contributed by atoms with E-state index in [-0.39, 0.29) is 6.03 Å². The predicted octanol–water partition coefficient (Wildman–Crippen LogP) is 0.493. The number of primary amides is 1. The van der Waals surface area contributed by atoms with Crippen molar-refractivity contribution in [2.45, 2.75) is 18.9 Å². The van der Waals surface area contributed by atoms with Gasteiger partial charge in [-0.3, -0.25) is 0 Å². The van der Waals surface area contributed by atoms with Crippen LogP contribution in [-0.4, -0.2) is 40.3 Å². The third-order valence-corrected chi connectivity index (χ3v) is 3.12. The topological polar surface area (TPSA) is 84.1 Å². The van der Waals surface area contributed by atoms with Crippen molar-refractivity contribution < 1.29 is 4.79 Å². The van der Waals surface area contributed by atoms with Gasteiger partial charge >= 0.3 is 6.03 Å². The zero-order valence-corrected chi connectivity index (χ0v) is 9.04. The van der Waals surface area contributed by atoms with Crippen molar-refractivity contribution in [2.24, 2.45) is 5.73 Å². The number of nitrogens with one attached hydrogen (secondary N) is 1. The van der Waals surface area contributed by atoms with Gasteiger partial charge in [0.05, 0.1) is 0 Å². The smallest absolute Gasteiger partial charge is 0.314 e. The molecule has 0 aliphatic carbocycles. The van der Waals surface area contributed by atoms with Crippen LogP contribution < -0.4 is 11.1 Å². The van der Waals surface area contributed by atoms with Gasteiger partial charge in [-0.15, -0.1) is 10.2 Å². The molecule has 0 aromatic carbocycles. The number of hydrogen-bond donors (Lipinski definition) is 2. The second-order valence-corrected chi connectivity index (χ2v) is 4.32. The van der Waals surface area contributed by atoms with Crippen LogP contribution in [0.15, 0.2) is 5.51 Å². The molecule has 0 spiro atoms. The number of likely N-dealkylation sites (tertiary alicyclic amines) is 1. The summed E-state index contributed by atoms with van der Waals surface area (Å²) < 4.78 is 0. The number of anilines is 1. The molecule has 2 rings (SSSR count). The lowest BCUT2D eigenvalue weighted by Crippen LogP contribution is -2.44. The molecule has 1 saturated heterocycles. The monoisotopic (exact) mass is 227 g/mol.